The number of hydrogen-bond acceptors (Lipinski definition) is 6. The van der Waals surface area contributed by atoms with Crippen LogP contribution in [0.25, 0.3) is 0 Å². The van der Waals surface area contributed by atoms with Crippen LogP contribution in [0, 0.1) is 5.92 Å². The molecule has 0 spiro atoms. The number of hydrogen-bond donors (Lipinski definition) is 3. The van der Waals surface area contributed by atoms with Crippen LogP contribution in [0.15, 0.2) is 42.5 Å². The van der Waals surface area contributed by atoms with E-state index in [1.165, 1.54) is 23.1 Å². The van der Waals surface area contributed by atoms with Crippen molar-refractivity contribution >= 4 is 35.4 Å². The Kier molecular flexibility index (Phi) is 8.31. The average molecular weight is 509 g/mol. The molecule has 2 aromatic rings. The topological polar surface area (TPSA) is 134 Å². The van der Waals surface area contributed by atoms with E-state index in [1.54, 1.807) is 45.0 Å². The minimum Gasteiger partial charge on any atom is -0.444 e. The molecule has 10 heteroatoms. The third-order valence-electron chi connectivity index (χ3n) is 5.25. The Balaban J connectivity index is 1.57. The van der Waals surface area contributed by atoms with Gasteiger partial charge < -0.3 is 20.7 Å². The zero-order valence-electron chi connectivity index (χ0n) is 21.6. The lowest BCUT2D eigenvalue weighted by Gasteiger charge is -2.19. The summed E-state index contributed by atoms with van der Waals surface area (Å²) in [6.07, 6.45) is -0.683. The summed E-state index contributed by atoms with van der Waals surface area (Å²) in [5.74, 6) is -1.46. The zero-order valence-corrected chi connectivity index (χ0v) is 21.6. The standard InChI is InChI=1S/C27H32N4O6/c1-16(2)15-31-24(34)20-10-9-18(12-21(20)25(31)35)23(33)30-19-8-6-7-17(11-19)13-28-22(32)14-29-26(36)37-27(3,4)5/h6-12,16H,13-15H2,1-5H3,(H,28,32)(H,29,36)(H,30,33). The molecule has 1 aliphatic rings. The molecular formula is C27H32N4O6. The Morgan fingerprint density at radius 1 is 0.946 bits per heavy atom. The maximum Gasteiger partial charge on any atom is 0.408 e. The van der Waals surface area contributed by atoms with E-state index in [0.29, 0.717) is 17.8 Å². The first-order valence-corrected chi connectivity index (χ1v) is 12.0. The minimum atomic E-state index is -0.683. The number of carbonyl (C=O) groups is 5. The molecule has 0 saturated heterocycles. The summed E-state index contributed by atoms with van der Waals surface area (Å²) in [7, 11) is 0. The van der Waals surface area contributed by atoms with Gasteiger partial charge >= 0.3 is 6.09 Å². The fourth-order valence-electron chi connectivity index (χ4n) is 3.66. The van der Waals surface area contributed by atoms with Crippen molar-refractivity contribution < 1.29 is 28.7 Å². The summed E-state index contributed by atoms with van der Waals surface area (Å²) < 4.78 is 5.09. The molecule has 3 rings (SSSR count). The van der Waals surface area contributed by atoms with E-state index in [1.807, 2.05) is 13.8 Å². The van der Waals surface area contributed by atoms with Crippen molar-refractivity contribution in [3.8, 4) is 0 Å². The second-order valence-corrected chi connectivity index (χ2v) is 10.2. The van der Waals surface area contributed by atoms with E-state index in [4.69, 9.17) is 4.74 Å². The van der Waals surface area contributed by atoms with Crippen molar-refractivity contribution in [1.82, 2.24) is 15.5 Å². The molecule has 1 heterocycles. The Morgan fingerprint density at radius 2 is 1.65 bits per heavy atom. The first-order chi connectivity index (χ1) is 17.3. The van der Waals surface area contributed by atoms with Crippen molar-refractivity contribution in [3.63, 3.8) is 0 Å². The van der Waals surface area contributed by atoms with Crippen molar-refractivity contribution in [3.05, 3.63) is 64.7 Å². The van der Waals surface area contributed by atoms with E-state index in [9.17, 15) is 24.0 Å². The molecule has 0 radical (unpaired) electrons. The van der Waals surface area contributed by atoms with Gasteiger partial charge in [-0.25, -0.2) is 4.79 Å². The normalized spacial score (nSPS) is 12.9. The first kappa shape index (κ1) is 27.4. The average Bonchev–Trinajstić information content (AvgIpc) is 3.04. The Labute approximate surface area is 215 Å². The number of alkyl carbamates (subject to hydrolysis) is 1. The lowest BCUT2D eigenvalue weighted by molar-refractivity contribution is -0.120. The summed E-state index contributed by atoms with van der Waals surface area (Å²) in [4.78, 5) is 63.0. The van der Waals surface area contributed by atoms with Gasteiger partial charge in [0.05, 0.1) is 11.1 Å². The Hall–Kier alpha value is -4.21. The highest BCUT2D eigenvalue weighted by molar-refractivity contribution is 6.22. The number of amides is 5. The molecule has 0 bridgehead atoms. The molecular weight excluding hydrogens is 476 g/mol. The second-order valence-electron chi connectivity index (χ2n) is 10.2. The van der Waals surface area contributed by atoms with E-state index < -0.39 is 29.4 Å². The van der Waals surface area contributed by atoms with Gasteiger partial charge in [0.2, 0.25) is 5.91 Å². The molecule has 3 N–H and O–H groups in total. The van der Waals surface area contributed by atoms with Crippen LogP contribution in [0.4, 0.5) is 10.5 Å². The van der Waals surface area contributed by atoms with Crippen LogP contribution in [0.2, 0.25) is 0 Å². The van der Waals surface area contributed by atoms with E-state index in [0.717, 1.165) is 5.56 Å². The molecule has 0 unspecified atom stereocenters. The van der Waals surface area contributed by atoms with E-state index in [2.05, 4.69) is 16.0 Å². The van der Waals surface area contributed by atoms with Crippen LogP contribution in [0.5, 0.6) is 0 Å². The van der Waals surface area contributed by atoms with Crippen molar-refractivity contribution in [2.45, 2.75) is 46.8 Å². The maximum atomic E-state index is 12.8. The zero-order chi connectivity index (χ0) is 27.3. The van der Waals surface area contributed by atoms with Crippen LogP contribution in [-0.2, 0) is 16.1 Å². The van der Waals surface area contributed by atoms with Crippen LogP contribution >= 0.6 is 0 Å². The number of ether oxygens (including phenoxy) is 1. The summed E-state index contributed by atoms with van der Waals surface area (Å²) >= 11 is 0. The fraction of sp³-hybridized carbons (Fsp3) is 0.370. The SMILES string of the molecule is CC(C)CN1C(=O)c2ccc(C(=O)Nc3cccc(CNC(=O)CNC(=O)OC(C)(C)C)c3)cc2C1=O. The Morgan fingerprint density at radius 3 is 2.32 bits per heavy atom. The maximum absolute atomic E-state index is 12.8. The molecule has 0 fully saturated rings. The number of fused-ring (bicyclic) bond motifs is 1. The van der Waals surface area contributed by atoms with E-state index in [-0.39, 0.29) is 36.0 Å². The predicted molar refractivity (Wildman–Crippen MR) is 137 cm³/mol. The summed E-state index contributed by atoms with van der Waals surface area (Å²) in [5, 5.41) is 7.85. The van der Waals surface area contributed by atoms with Crippen LogP contribution in [-0.4, -0.2) is 53.3 Å². The Bertz CT molecular complexity index is 1230. The third kappa shape index (κ3) is 7.39. The predicted octanol–water partition coefficient (Wildman–Crippen LogP) is 3.33. The van der Waals surface area contributed by atoms with Crippen LogP contribution in [0.3, 0.4) is 0 Å². The minimum absolute atomic E-state index is 0.128. The van der Waals surface area contributed by atoms with Gasteiger partial charge in [-0.3, -0.25) is 24.1 Å². The van der Waals surface area contributed by atoms with Gasteiger partial charge in [0.1, 0.15) is 12.1 Å². The van der Waals surface area contributed by atoms with Crippen molar-refractivity contribution in [1.29, 1.82) is 0 Å². The number of imide groups is 1. The molecule has 0 atom stereocenters. The summed E-state index contributed by atoms with van der Waals surface area (Å²) in [6, 6.07) is 11.4. The summed E-state index contributed by atoms with van der Waals surface area (Å²) in [6.45, 7) is 9.28. The van der Waals surface area contributed by atoms with Crippen molar-refractivity contribution in [2.75, 3.05) is 18.4 Å². The van der Waals surface area contributed by atoms with Gasteiger partial charge in [-0.1, -0.05) is 26.0 Å². The molecule has 1 aliphatic heterocycles. The lowest BCUT2D eigenvalue weighted by Crippen LogP contribution is -2.39. The molecule has 0 aromatic heterocycles. The molecule has 0 aliphatic carbocycles. The third-order valence-corrected chi connectivity index (χ3v) is 5.25. The summed E-state index contributed by atoms with van der Waals surface area (Å²) in [5.41, 5.74) is 1.32. The number of nitrogens with zero attached hydrogens (tertiary/aromatic N) is 1. The highest BCUT2D eigenvalue weighted by atomic mass is 16.6. The number of anilines is 1. The quantitative estimate of drug-likeness (QED) is 0.469. The van der Waals surface area contributed by atoms with Gasteiger partial charge in [-0.2, -0.15) is 0 Å². The van der Waals surface area contributed by atoms with Gasteiger partial charge in [0.25, 0.3) is 17.7 Å². The number of rotatable bonds is 8. The van der Waals surface area contributed by atoms with Crippen LogP contribution < -0.4 is 16.0 Å². The fourth-order valence-corrected chi connectivity index (χ4v) is 3.66. The molecule has 5 amide bonds. The highest BCUT2D eigenvalue weighted by Gasteiger charge is 2.36. The lowest BCUT2D eigenvalue weighted by atomic mass is 10.1. The largest absolute Gasteiger partial charge is 0.444 e. The number of benzene rings is 2. The molecule has 37 heavy (non-hydrogen) atoms. The molecule has 0 saturated carbocycles. The van der Waals surface area contributed by atoms with Gasteiger partial charge in [-0.15, -0.1) is 0 Å². The smallest absolute Gasteiger partial charge is 0.408 e. The second kappa shape index (κ2) is 11.2. The molecule has 196 valence electrons. The number of carbonyl (C=O) groups excluding carboxylic acids is 5. The number of nitrogens with one attached hydrogen (secondary N) is 3. The molecule has 2 aromatic carbocycles. The van der Waals surface area contributed by atoms with Crippen LogP contribution in [0.1, 0.15) is 71.3 Å². The van der Waals surface area contributed by atoms with Gasteiger partial charge in [0.15, 0.2) is 0 Å². The molecule has 10 nitrogen and oxygen atoms in total. The monoisotopic (exact) mass is 508 g/mol. The van der Waals surface area contributed by atoms with Crippen molar-refractivity contribution in [2.24, 2.45) is 5.92 Å². The first-order valence-electron chi connectivity index (χ1n) is 12.0. The van der Waals surface area contributed by atoms with Gasteiger partial charge in [-0.05, 0) is 62.6 Å². The highest BCUT2D eigenvalue weighted by Crippen LogP contribution is 2.25. The van der Waals surface area contributed by atoms with E-state index >= 15 is 0 Å². The van der Waals surface area contributed by atoms with Gasteiger partial charge in [0, 0.05) is 24.3 Å².